The van der Waals surface area contributed by atoms with Gasteiger partial charge in [-0.2, -0.15) is 0 Å². The molecule has 0 amide bonds. The summed E-state index contributed by atoms with van der Waals surface area (Å²) >= 11 is 0. The number of carboxylic acids is 9. The van der Waals surface area contributed by atoms with E-state index < -0.39 is 179 Å². The van der Waals surface area contributed by atoms with Gasteiger partial charge in [-0.15, -0.1) is 0 Å². The second-order valence-electron chi connectivity index (χ2n) is 19.0. The fourth-order valence-electron chi connectivity index (χ4n) is 5.87. The number of hydrogen-bond acceptors (Lipinski definition) is 32. The van der Waals surface area contributed by atoms with Crippen LogP contribution in [0.15, 0.2) is 42.5 Å². The van der Waals surface area contributed by atoms with E-state index in [0.29, 0.717) is 12.9 Å². The first kappa shape index (κ1) is 98.8. The number of Topliss-reactive ketones (excluding diaryl/α,β-unsaturated/α-hetero) is 3. The Morgan fingerprint density at radius 2 is 0.867 bits per heavy atom. The van der Waals surface area contributed by atoms with Crippen molar-refractivity contribution in [1.29, 1.82) is 0 Å². The molecule has 41 heteroatoms. The van der Waals surface area contributed by atoms with Crippen molar-refractivity contribution in [2.45, 2.75) is 141 Å². The maximum absolute atomic E-state index is 10.8. The van der Waals surface area contributed by atoms with Crippen LogP contribution in [0.2, 0.25) is 0 Å². The minimum atomic E-state index is -2.25. The van der Waals surface area contributed by atoms with Gasteiger partial charge in [-0.1, -0.05) is 21.3 Å². The molecule has 0 aromatic heterocycles. The summed E-state index contributed by atoms with van der Waals surface area (Å²) in [6.07, 6.45) is -18.9. The number of aliphatic carboxylic acids is 3. The maximum Gasteiger partial charge on any atom is 0.340 e. The van der Waals surface area contributed by atoms with Crippen molar-refractivity contribution < 1.29 is 204 Å². The first-order valence-electron chi connectivity index (χ1n) is 26.5. The molecule has 0 spiro atoms. The van der Waals surface area contributed by atoms with Gasteiger partial charge in [0, 0.05) is 0 Å². The number of ketones is 3. The van der Waals surface area contributed by atoms with Gasteiger partial charge in [0.25, 0.3) is 12.9 Å². The molecule has 4 unspecified atom stereocenters. The van der Waals surface area contributed by atoms with Crippen LogP contribution < -0.4 is 0 Å². The van der Waals surface area contributed by atoms with E-state index in [1.807, 2.05) is 6.92 Å². The molecule has 554 valence electrons. The number of ether oxygens (including phenoxy) is 2. The van der Waals surface area contributed by atoms with Crippen LogP contribution in [0.1, 0.15) is 128 Å². The number of carbonyl (C=O) groups is 14. The van der Waals surface area contributed by atoms with Crippen LogP contribution in [0.3, 0.4) is 0 Å². The lowest BCUT2D eigenvalue weighted by atomic mass is 10.00. The van der Waals surface area contributed by atoms with E-state index in [-0.39, 0.29) is 60.7 Å². The van der Waals surface area contributed by atoms with Gasteiger partial charge in [0.2, 0.25) is 0 Å². The molecule has 98 heavy (non-hydrogen) atoms. The number of aliphatic hydroxyl groups excluding tert-OH is 12. The van der Waals surface area contributed by atoms with Gasteiger partial charge in [0.15, 0.2) is 35.2 Å². The number of hydrogen-bond donors (Lipinski definition) is 25. The number of aromatic hydroxyl groups is 3. The Morgan fingerprint density at radius 3 is 1.16 bits per heavy atom. The highest BCUT2D eigenvalue weighted by molar-refractivity contribution is 6.10. The normalized spacial score (nSPS) is 13.9. The minimum Gasteiger partial charge on any atom is -0.508 e. The largest absolute Gasteiger partial charge is 0.508 e. The van der Waals surface area contributed by atoms with Crippen molar-refractivity contribution in [3.63, 3.8) is 0 Å². The molecule has 0 saturated carbocycles. The molecule has 0 aliphatic rings. The SMILES string of the molecule is C.CC(=O)C(O)C(O)C(=O)O.CC(=O)[C@H](O)[C@@H](O)[C@@H](O)[C@H](O)C(=O)O.CC(=O)[C@H](O)[C@@H](O)[C@H](O)[C@H](O)CO.CCC(O)(COC=O)C(=O)O.CCC(O)COC=O.Cc1c(C(=O)O)cc(O)cc1C(=O)O.Cc1cc(O)cc(C(=O)O)c1.O=C(O)c1ccc(O)c(C(=O)O)c1C(=O)O. The van der Waals surface area contributed by atoms with Crippen LogP contribution in [-0.2, 0) is 47.8 Å². The van der Waals surface area contributed by atoms with Gasteiger partial charge < -0.3 is 137 Å². The van der Waals surface area contributed by atoms with E-state index in [4.69, 9.17) is 123 Å². The van der Waals surface area contributed by atoms with E-state index in [0.717, 1.165) is 50.6 Å². The van der Waals surface area contributed by atoms with Gasteiger partial charge in [-0.3, -0.25) is 24.0 Å². The Hall–Kier alpha value is -10.3. The number of carbonyl (C=O) groups excluding carboxylic acids is 5. The monoisotopic (exact) mass is 1420 g/mol. The maximum atomic E-state index is 10.8. The van der Waals surface area contributed by atoms with Crippen molar-refractivity contribution in [3.05, 3.63) is 87.0 Å². The standard InChI is InChI=1S/C9H6O7.C9H8O5.C8H8O3.C7H12O7.C7H14O6.C6H10O5.C5H8O5.C5H10O3.CH4/c10-4-2-1-3(7(11)12)5(8(13)14)6(4)9(15)16;1-4-6(8(11)12)2-5(10)3-7(4)9(13)14;1-5-2-6(8(10)11)4-7(9)3-5;1-2(8)3(9)4(10)5(11)6(12)7(13)14;1-3(9)5(11)7(13)6(12)4(10)2-8;1-2-6(10,5(8)9)3-11-4-7;1-2(6)3(7)4(8)5(9)10;1-2-5(7)3-8-4-6;/h1-2,10H,(H,11,12)(H,13,14)(H,15,16);2-3,10H,1H3,(H,11,12)(H,13,14);2-4,9H,1H3,(H,10,11);3-6,9-12H,1H3,(H,13,14);4-8,10-13H,2H2,1H3;4,10H,2-3H2,1H3,(H,8,9);3-4,7-8H,1H3,(H,9,10);4-5,7H,2-3H2,1H3;1H4/t;;;3-,4+,5+,6-;4-,5+,6-,7-;;;;/m...01..../s1. The molecule has 0 aliphatic heterocycles. The van der Waals surface area contributed by atoms with Crippen molar-refractivity contribution in [2.75, 3.05) is 19.8 Å². The van der Waals surface area contributed by atoms with Gasteiger partial charge in [-0.05, 0) is 101 Å². The number of phenolic OH excluding ortho intramolecular Hbond substituents is 2. The van der Waals surface area contributed by atoms with E-state index in [9.17, 15) is 72.2 Å². The lowest BCUT2D eigenvalue weighted by molar-refractivity contribution is -0.167. The van der Waals surface area contributed by atoms with Crippen LogP contribution in [0.5, 0.6) is 17.2 Å². The smallest absolute Gasteiger partial charge is 0.340 e. The summed E-state index contributed by atoms with van der Waals surface area (Å²) in [4.78, 5) is 145. The molecule has 0 bridgehead atoms. The Bertz CT molecular complexity index is 3020. The fraction of sp³-hybridized carbons (Fsp3) is 0.439. The highest BCUT2D eigenvalue weighted by Crippen LogP contribution is 2.25. The quantitative estimate of drug-likeness (QED) is 0.0304. The first-order valence-corrected chi connectivity index (χ1v) is 26.5. The van der Waals surface area contributed by atoms with E-state index in [1.54, 1.807) is 6.92 Å². The van der Waals surface area contributed by atoms with Crippen LogP contribution >= 0.6 is 0 Å². The molecule has 25 N–H and O–H groups in total. The lowest BCUT2D eigenvalue weighted by Gasteiger charge is -2.23. The van der Waals surface area contributed by atoms with Crippen LogP contribution in [0.25, 0.3) is 0 Å². The lowest BCUT2D eigenvalue weighted by Crippen LogP contribution is -2.49. The second-order valence-corrected chi connectivity index (χ2v) is 19.0. The topological polar surface area (TPSA) is 763 Å². The summed E-state index contributed by atoms with van der Waals surface area (Å²) in [7, 11) is 0. The molecule has 3 aromatic carbocycles. The summed E-state index contributed by atoms with van der Waals surface area (Å²) < 4.78 is 8.40. The fourth-order valence-corrected chi connectivity index (χ4v) is 5.87. The van der Waals surface area contributed by atoms with Gasteiger partial charge in [0.05, 0.1) is 40.5 Å². The summed E-state index contributed by atoms with van der Waals surface area (Å²) in [5.74, 6) is -16.8. The van der Waals surface area contributed by atoms with Crippen molar-refractivity contribution in [2.24, 2.45) is 0 Å². The molecule has 3 aromatic rings. The third-order valence-corrected chi connectivity index (χ3v) is 11.5. The number of rotatable bonds is 28. The predicted molar refractivity (Wildman–Crippen MR) is 320 cm³/mol. The molecule has 3 rings (SSSR count). The molecular formula is C57H80O41. The summed E-state index contributed by atoms with van der Waals surface area (Å²) in [5, 5.41) is 219. The Balaban J connectivity index is -0.000000248. The average molecular weight is 1420 g/mol. The molecule has 0 saturated heterocycles. The second kappa shape index (κ2) is 49.3. The van der Waals surface area contributed by atoms with Crippen molar-refractivity contribution in [3.8, 4) is 17.2 Å². The zero-order valence-corrected chi connectivity index (χ0v) is 51.8. The summed E-state index contributed by atoms with van der Waals surface area (Å²) in [5.41, 5.74) is -3.95. The molecule has 0 aliphatic carbocycles. The third-order valence-electron chi connectivity index (χ3n) is 11.5. The zero-order valence-electron chi connectivity index (χ0n) is 51.8. The Morgan fingerprint density at radius 1 is 0.480 bits per heavy atom. The van der Waals surface area contributed by atoms with E-state index in [2.05, 4.69) is 9.47 Å². The van der Waals surface area contributed by atoms with Crippen LogP contribution in [0, 0.1) is 13.8 Å². The number of carboxylic acid groups (broad SMARTS) is 9. The molecule has 0 radical (unpaired) electrons. The number of benzene rings is 3. The van der Waals surface area contributed by atoms with E-state index in [1.165, 1.54) is 32.0 Å². The van der Waals surface area contributed by atoms with Crippen LogP contribution in [0.4, 0.5) is 0 Å². The molecule has 12 atom stereocenters. The van der Waals surface area contributed by atoms with Gasteiger partial charge in [0.1, 0.15) is 84.9 Å². The third kappa shape index (κ3) is 37.1. The van der Waals surface area contributed by atoms with Gasteiger partial charge >= 0.3 is 53.7 Å². The number of aliphatic hydroxyl groups is 13. The Labute approximate surface area is 552 Å². The molecule has 41 nitrogen and oxygen atoms in total. The average Bonchev–Trinajstić information content (AvgIpc) is 0.805. The van der Waals surface area contributed by atoms with E-state index >= 15 is 0 Å². The first-order chi connectivity index (χ1) is 44.4. The van der Waals surface area contributed by atoms with Crippen molar-refractivity contribution in [1.82, 2.24) is 0 Å². The minimum absolute atomic E-state index is 0. The number of aromatic carboxylic acids is 6. The molecule has 0 fully saturated rings. The predicted octanol–water partition coefficient (Wildman–Crippen LogP) is -4.57. The zero-order chi connectivity index (χ0) is 77.4. The number of phenols is 3. The summed E-state index contributed by atoms with van der Waals surface area (Å²) in [6.45, 7) is 8.67. The van der Waals surface area contributed by atoms with Crippen molar-refractivity contribution >= 4 is 84.0 Å². The highest BCUT2D eigenvalue weighted by Gasteiger charge is 2.37. The van der Waals surface area contributed by atoms with Gasteiger partial charge in [-0.25, -0.2) is 43.2 Å². The molecule has 0 heterocycles. The highest BCUT2D eigenvalue weighted by atomic mass is 16.5. The number of aryl methyl sites for hydroxylation is 1. The Kier molecular flexibility index (Phi) is 49.7. The summed E-state index contributed by atoms with van der Waals surface area (Å²) in [6, 6.07) is 7.91. The molecular weight excluding hydrogens is 1340 g/mol. The van der Waals surface area contributed by atoms with Crippen LogP contribution in [-0.4, -0.2) is 304 Å².